The smallest absolute Gasteiger partial charge is 0.272 e. The molecule has 5 nitrogen and oxygen atoms in total. The molecule has 0 fully saturated rings. The van der Waals surface area contributed by atoms with Crippen molar-refractivity contribution in [2.24, 2.45) is 5.10 Å². The number of halogens is 1. The maximum atomic E-state index is 12.4. The number of carbonyl (C=O) groups excluding carboxylic acids is 1. The van der Waals surface area contributed by atoms with E-state index in [1.165, 1.54) is 5.56 Å². The van der Waals surface area contributed by atoms with Crippen molar-refractivity contribution in [3.05, 3.63) is 75.4 Å². The Morgan fingerprint density at radius 3 is 2.96 bits per heavy atom. The number of aryl methyl sites for hydroxylation is 1. The van der Waals surface area contributed by atoms with Gasteiger partial charge in [0.2, 0.25) is 0 Å². The lowest BCUT2D eigenvalue weighted by atomic mass is 9.89. The minimum absolute atomic E-state index is 0.278. The second kappa shape index (κ2) is 6.64. The van der Waals surface area contributed by atoms with Crippen molar-refractivity contribution in [1.29, 1.82) is 0 Å². The number of carbonyl (C=O) groups is 1. The van der Waals surface area contributed by atoms with Crippen LogP contribution in [-0.2, 0) is 12.8 Å². The fourth-order valence-electron chi connectivity index (χ4n) is 3.06. The van der Waals surface area contributed by atoms with Crippen molar-refractivity contribution in [2.45, 2.75) is 12.8 Å². The average molecular weight is 395 g/mol. The Bertz CT molecular complexity index is 977. The van der Waals surface area contributed by atoms with Gasteiger partial charge in [0.15, 0.2) is 0 Å². The summed E-state index contributed by atoms with van der Waals surface area (Å²) in [5, 5.41) is 11.3. The predicted octanol–water partition coefficient (Wildman–Crippen LogP) is 3.70. The number of aromatic amines is 1. The Labute approximate surface area is 153 Å². The Balaban J connectivity index is 1.54. The molecule has 25 heavy (non-hydrogen) atoms. The molecular formula is C19H15BrN4O. The summed E-state index contributed by atoms with van der Waals surface area (Å²) in [5.74, 6) is -0.278. The lowest BCUT2D eigenvalue weighted by molar-refractivity contribution is 0.0949. The van der Waals surface area contributed by atoms with Gasteiger partial charge in [0.25, 0.3) is 5.91 Å². The van der Waals surface area contributed by atoms with E-state index in [9.17, 15) is 4.79 Å². The number of hydrogen-bond acceptors (Lipinski definition) is 3. The molecule has 0 saturated heterocycles. The van der Waals surface area contributed by atoms with Gasteiger partial charge in [-0.3, -0.25) is 9.89 Å². The maximum Gasteiger partial charge on any atom is 0.289 e. The number of hydrogen-bond donors (Lipinski definition) is 2. The second-order valence-electron chi connectivity index (χ2n) is 5.84. The zero-order chi connectivity index (χ0) is 17.2. The van der Waals surface area contributed by atoms with Gasteiger partial charge in [-0.1, -0.05) is 52.3 Å². The lowest BCUT2D eigenvalue weighted by Gasteiger charge is -2.15. The quantitative estimate of drug-likeness (QED) is 0.525. The van der Waals surface area contributed by atoms with Gasteiger partial charge in [-0.15, -0.1) is 0 Å². The minimum atomic E-state index is -0.278. The van der Waals surface area contributed by atoms with Crippen LogP contribution in [0.2, 0.25) is 0 Å². The SMILES string of the molecule is O=C(N/N=C\c1cccc(Br)c1)c1[nH]nc2c1CCc1ccccc1-2. The van der Waals surface area contributed by atoms with Crippen molar-refractivity contribution in [1.82, 2.24) is 15.6 Å². The van der Waals surface area contributed by atoms with Gasteiger partial charge in [-0.25, -0.2) is 5.43 Å². The highest BCUT2D eigenvalue weighted by Crippen LogP contribution is 2.33. The average Bonchev–Trinajstić information content (AvgIpc) is 3.06. The van der Waals surface area contributed by atoms with Crippen LogP contribution in [0.1, 0.15) is 27.2 Å². The van der Waals surface area contributed by atoms with Crippen LogP contribution in [-0.4, -0.2) is 22.3 Å². The molecule has 124 valence electrons. The standard InChI is InChI=1S/C19H15BrN4O/c20-14-6-3-4-12(10-14)11-21-24-19(25)18-16-9-8-13-5-1-2-7-15(13)17(16)22-23-18/h1-7,10-11H,8-9H2,(H,22,23)(H,24,25)/b21-11-. The molecule has 3 aromatic rings. The number of amides is 1. The Morgan fingerprint density at radius 2 is 2.08 bits per heavy atom. The van der Waals surface area contributed by atoms with Crippen LogP contribution in [0.25, 0.3) is 11.3 Å². The van der Waals surface area contributed by atoms with Crippen LogP contribution < -0.4 is 5.43 Å². The number of hydrazone groups is 1. The summed E-state index contributed by atoms with van der Waals surface area (Å²) < 4.78 is 0.962. The van der Waals surface area contributed by atoms with Gasteiger partial charge in [-0.2, -0.15) is 10.2 Å². The summed E-state index contributed by atoms with van der Waals surface area (Å²) in [6.07, 6.45) is 3.31. The first kappa shape index (κ1) is 15.8. The second-order valence-corrected chi connectivity index (χ2v) is 6.75. The molecular weight excluding hydrogens is 380 g/mol. The van der Waals surface area contributed by atoms with Crippen LogP contribution in [0.15, 0.2) is 58.1 Å². The van der Waals surface area contributed by atoms with Crippen LogP contribution >= 0.6 is 15.9 Å². The van der Waals surface area contributed by atoms with Crippen molar-refractivity contribution < 1.29 is 4.79 Å². The summed E-state index contributed by atoms with van der Waals surface area (Å²) in [4.78, 5) is 12.4. The van der Waals surface area contributed by atoms with E-state index >= 15 is 0 Å². The summed E-state index contributed by atoms with van der Waals surface area (Å²) in [6.45, 7) is 0. The Hall–Kier alpha value is -2.73. The predicted molar refractivity (Wildman–Crippen MR) is 101 cm³/mol. The van der Waals surface area contributed by atoms with Gasteiger partial charge in [0.05, 0.1) is 11.9 Å². The van der Waals surface area contributed by atoms with Crippen molar-refractivity contribution in [2.75, 3.05) is 0 Å². The first-order chi connectivity index (χ1) is 12.2. The summed E-state index contributed by atoms with van der Waals surface area (Å²) in [5.41, 5.74) is 8.13. The van der Waals surface area contributed by atoms with Gasteiger partial charge < -0.3 is 0 Å². The van der Waals surface area contributed by atoms with E-state index < -0.39 is 0 Å². The van der Waals surface area contributed by atoms with Gasteiger partial charge in [0, 0.05) is 15.6 Å². The van der Waals surface area contributed by atoms with E-state index in [1.54, 1.807) is 6.21 Å². The van der Waals surface area contributed by atoms with Crippen molar-refractivity contribution >= 4 is 28.1 Å². The number of aromatic nitrogens is 2. The Kier molecular flexibility index (Phi) is 4.19. The zero-order valence-electron chi connectivity index (χ0n) is 13.3. The van der Waals surface area contributed by atoms with Gasteiger partial charge >= 0.3 is 0 Å². The largest absolute Gasteiger partial charge is 0.289 e. The molecule has 1 amide bonds. The first-order valence-corrected chi connectivity index (χ1v) is 8.76. The van der Waals surface area contributed by atoms with E-state index in [1.807, 2.05) is 42.5 Å². The van der Waals surface area contributed by atoms with E-state index in [4.69, 9.17) is 0 Å². The van der Waals surface area contributed by atoms with E-state index in [-0.39, 0.29) is 5.91 Å². The van der Waals surface area contributed by atoms with Crippen LogP contribution in [0.4, 0.5) is 0 Å². The normalized spacial score (nSPS) is 12.7. The molecule has 0 saturated carbocycles. The van der Waals surface area contributed by atoms with Gasteiger partial charge in [0.1, 0.15) is 5.69 Å². The number of H-pyrrole nitrogens is 1. The number of nitrogens with zero attached hydrogens (tertiary/aromatic N) is 2. The fourth-order valence-corrected chi connectivity index (χ4v) is 3.47. The molecule has 1 aromatic heterocycles. The first-order valence-electron chi connectivity index (χ1n) is 7.97. The summed E-state index contributed by atoms with van der Waals surface area (Å²) >= 11 is 3.41. The monoisotopic (exact) mass is 394 g/mol. The molecule has 1 aliphatic carbocycles. The van der Waals surface area contributed by atoms with E-state index in [0.717, 1.165) is 39.7 Å². The molecule has 2 N–H and O–H groups in total. The molecule has 0 radical (unpaired) electrons. The van der Waals surface area contributed by atoms with Crippen molar-refractivity contribution in [3.8, 4) is 11.3 Å². The minimum Gasteiger partial charge on any atom is -0.272 e. The van der Waals surface area contributed by atoms with Crippen LogP contribution in [0.5, 0.6) is 0 Å². The molecule has 1 aliphatic rings. The topological polar surface area (TPSA) is 70.1 Å². The molecule has 0 bridgehead atoms. The van der Waals surface area contributed by atoms with Crippen LogP contribution in [0.3, 0.4) is 0 Å². The highest BCUT2D eigenvalue weighted by molar-refractivity contribution is 9.10. The summed E-state index contributed by atoms with van der Waals surface area (Å²) in [6, 6.07) is 15.8. The lowest BCUT2D eigenvalue weighted by Crippen LogP contribution is -2.20. The highest BCUT2D eigenvalue weighted by atomic mass is 79.9. The zero-order valence-corrected chi connectivity index (χ0v) is 14.9. The number of rotatable bonds is 3. The Morgan fingerprint density at radius 1 is 1.20 bits per heavy atom. The molecule has 0 atom stereocenters. The third-order valence-electron chi connectivity index (χ3n) is 4.24. The van der Waals surface area contributed by atoms with Crippen molar-refractivity contribution in [3.63, 3.8) is 0 Å². The molecule has 4 rings (SSSR count). The number of nitrogens with one attached hydrogen (secondary N) is 2. The van der Waals surface area contributed by atoms with E-state index in [2.05, 4.69) is 42.7 Å². The highest BCUT2D eigenvalue weighted by Gasteiger charge is 2.24. The molecule has 1 heterocycles. The molecule has 0 spiro atoms. The van der Waals surface area contributed by atoms with Gasteiger partial charge in [-0.05, 0) is 36.1 Å². The molecule has 0 unspecified atom stereocenters. The maximum absolute atomic E-state index is 12.4. The number of benzene rings is 2. The molecule has 0 aliphatic heterocycles. The van der Waals surface area contributed by atoms with Crippen LogP contribution in [0, 0.1) is 0 Å². The third kappa shape index (κ3) is 3.13. The fraction of sp³-hybridized carbons (Fsp3) is 0.105. The number of fused-ring (bicyclic) bond motifs is 3. The third-order valence-corrected chi connectivity index (χ3v) is 4.73. The summed E-state index contributed by atoms with van der Waals surface area (Å²) in [7, 11) is 0. The molecule has 6 heteroatoms. The molecule has 2 aromatic carbocycles. The van der Waals surface area contributed by atoms with E-state index in [0.29, 0.717) is 5.69 Å².